The van der Waals surface area contributed by atoms with Crippen LogP contribution in [0.25, 0.3) is 0 Å². The molecule has 0 aromatic carbocycles. The summed E-state index contributed by atoms with van der Waals surface area (Å²) < 4.78 is 27.2. The Kier molecular flexibility index (Phi) is 5.77. The molecular formula is C11H21N3O3S. The minimum absolute atomic E-state index is 0.0678. The first-order valence-electron chi connectivity index (χ1n) is 6.12. The average Bonchev–Trinajstić information content (AvgIpc) is 2.82. The average molecular weight is 275 g/mol. The van der Waals surface area contributed by atoms with Gasteiger partial charge in [0.15, 0.2) is 0 Å². The molecule has 18 heavy (non-hydrogen) atoms. The highest BCUT2D eigenvalue weighted by Gasteiger charge is 2.21. The van der Waals surface area contributed by atoms with Crippen molar-refractivity contribution in [2.75, 3.05) is 20.2 Å². The molecule has 0 fully saturated rings. The van der Waals surface area contributed by atoms with Crippen LogP contribution in [-0.2, 0) is 16.6 Å². The van der Waals surface area contributed by atoms with Crippen LogP contribution >= 0.6 is 0 Å². The predicted octanol–water partition coefficient (Wildman–Crippen LogP) is 0.686. The van der Waals surface area contributed by atoms with E-state index >= 15 is 0 Å². The lowest BCUT2D eigenvalue weighted by Gasteiger charge is -2.15. The first kappa shape index (κ1) is 15.1. The number of aliphatic hydroxyl groups is 1. The molecule has 1 N–H and O–H groups in total. The summed E-state index contributed by atoms with van der Waals surface area (Å²) in [6.45, 7) is 3.12. The zero-order chi connectivity index (χ0) is 13.6. The normalized spacial score (nSPS) is 12.2. The SMILES string of the molecule is CCCCN(C)S(=O)(=O)c1cnn(CCCO)c1. The molecule has 0 unspecified atom stereocenters. The summed E-state index contributed by atoms with van der Waals surface area (Å²) in [4.78, 5) is 0.207. The van der Waals surface area contributed by atoms with Gasteiger partial charge in [-0.2, -0.15) is 5.10 Å². The van der Waals surface area contributed by atoms with Gasteiger partial charge in [-0.1, -0.05) is 13.3 Å². The Balaban J connectivity index is 2.75. The first-order chi connectivity index (χ1) is 8.52. The van der Waals surface area contributed by atoms with Crippen LogP contribution in [0.5, 0.6) is 0 Å². The molecule has 0 saturated heterocycles. The van der Waals surface area contributed by atoms with Crippen LogP contribution in [0.3, 0.4) is 0 Å². The minimum atomic E-state index is -3.43. The van der Waals surface area contributed by atoms with Crippen molar-refractivity contribution in [1.82, 2.24) is 14.1 Å². The largest absolute Gasteiger partial charge is 0.396 e. The van der Waals surface area contributed by atoms with Crippen LogP contribution in [0.4, 0.5) is 0 Å². The van der Waals surface area contributed by atoms with Gasteiger partial charge in [0.2, 0.25) is 10.0 Å². The van der Waals surface area contributed by atoms with E-state index in [1.54, 1.807) is 7.05 Å². The second kappa shape index (κ2) is 6.86. The number of sulfonamides is 1. The molecule has 0 bridgehead atoms. The lowest BCUT2D eigenvalue weighted by Crippen LogP contribution is -2.27. The summed E-state index contributed by atoms with van der Waals surface area (Å²) >= 11 is 0. The van der Waals surface area contributed by atoms with Crippen LogP contribution in [0.2, 0.25) is 0 Å². The van der Waals surface area contributed by atoms with Crippen LogP contribution in [0.15, 0.2) is 17.3 Å². The fraction of sp³-hybridized carbons (Fsp3) is 0.727. The Hall–Kier alpha value is -0.920. The van der Waals surface area contributed by atoms with Crippen molar-refractivity contribution in [2.24, 2.45) is 0 Å². The number of nitrogens with zero attached hydrogens (tertiary/aromatic N) is 3. The van der Waals surface area contributed by atoms with E-state index in [4.69, 9.17) is 5.11 Å². The highest BCUT2D eigenvalue weighted by molar-refractivity contribution is 7.89. The molecule has 0 saturated carbocycles. The van der Waals surface area contributed by atoms with E-state index in [9.17, 15) is 8.42 Å². The molecule has 0 aliphatic heterocycles. The van der Waals surface area contributed by atoms with Gasteiger partial charge < -0.3 is 5.11 Å². The molecule has 0 amide bonds. The molecule has 0 atom stereocenters. The molecule has 0 radical (unpaired) electrons. The van der Waals surface area contributed by atoms with Gasteiger partial charge >= 0.3 is 0 Å². The first-order valence-corrected chi connectivity index (χ1v) is 7.56. The summed E-state index contributed by atoms with van der Waals surface area (Å²) in [5, 5.41) is 12.7. The number of unbranched alkanes of at least 4 members (excludes halogenated alkanes) is 1. The minimum Gasteiger partial charge on any atom is -0.396 e. The van der Waals surface area contributed by atoms with Gasteiger partial charge in [0.1, 0.15) is 4.90 Å². The van der Waals surface area contributed by atoms with Gasteiger partial charge in [-0.3, -0.25) is 4.68 Å². The number of hydrogen-bond acceptors (Lipinski definition) is 4. The maximum Gasteiger partial charge on any atom is 0.245 e. The van der Waals surface area contributed by atoms with Crippen molar-refractivity contribution in [1.29, 1.82) is 0 Å². The molecule has 0 spiro atoms. The molecule has 0 aliphatic rings. The molecule has 104 valence electrons. The van der Waals surface area contributed by atoms with E-state index in [0.29, 0.717) is 19.5 Å². The lowest BCUT2D eigenvalue weighted by atomic mass is 10.3. The topological polar surface area (TPSA) is 75.4 Å². The zero-order valence-electron chi connectivity index (χ0n) is 10.9. The maximum absolute atomic E-state index is 12.1. The molecule has 6 nitrogen and oxygen atoms in total. The second-order valence-corrected chi connectivity index (χ2v) is 6.24. The molecule has 1 heterocycles. The molecular weight excluding hydrogens is 254 g/mol. The maximum atomic E-state index is 12.1. The number of rotatable bonds is 8. The van der Waals surface area contributed by atoms with E-state index in [-0.39, 0.29) is 11.5 Å². The third-order valence-electron chi connectivity index (χ3n) is 2.69. The van der Waals surface area contributed by atoms with Gasteiger partial charge in [0.25, 0.3) is 0 Å². The highest BCUT2D eigenvalue weighted by atomic mass is 32.2. The number of aromatic nitrogens is 2. The van der Waals surface area contributed by atoms with Crippen molar-refractivity contribution in [3.8, 4) is 0 Å². The fourth-order valence-corrected chi connectivity index (χ4v) is 2.68. The van der Waals surface area contributed by atoms with Crippen molar-refractivity contribution in [3.63, 3.8) is 0 Å². The predicted molar refractivity (Wildman–Crippen MR) is 68.7 cm³/mol. The van der Waals surface area contributed by atoms with Gasteiger partial charge in [0, 0.05) is 32.9 Å². The van der Waals surface area contributed by atoms with Gasteiger partial charge in [0.05, 0.1) is 6.20 Å². The molecule has 1 aromatic rings. The van der Waals surface area contributed by atoms with E-state index in [0.717, 1.165) is 12.8 Å². The third-order valence-corrected chi connectivity index (χ3v) is 4.50. The van der Waals surface area contributed by atoms with Crippen molar-refractivity contribution >= 4 is 10.0 Å². The second-order valence-electron chi connectivity index (χ2n) is 4.20. The molecule has 0 aliphatic carbocycles. The monoisotopic (exact) mass is 275 g/mol. The van der Waals surface area contributed by atoms with Crippen molar-refractivity contribution in [2.45, 2.75) is 37.6 Å². The summed E-state index contributed by atoms with van der Waals surface area (Å²) in [5.74, 6) is 0. The zero-order valence-corrected chi connectivity index (χ0v) is 11.7. The summed E-state index contributed by atoms with van der Waals surface area (Å²) in [6, 6.07) is 0. The van der Waals surface area contributed by atoms with Crippen LogP contribution in [0, 0.1) is 0 Å². The number of aliphatic hydroxyl groups excluding tert-OH is 1. The molecule has 1 aromatic heterocycles. The lowest BCUT2D eigenvalue weighted by molar-refractivity contribution is 0.277. The Morgan fingerprint density at radius 3 is 2.78 bits per heavy atom. The Bertz CT molecular complexity index is 456. The van der Waals surface area contributed by atoms with Crippen molar-refractivity contribution < 1.29 is 13.5 Å². The molecule has 1 rings (SSSR count). The highest BCUT2D eigenvalue weighted by Crippen LogP contribution is 2.13. The summed E-state index contributed by atoms with van der Waals surface area (Å²) in [7, 11) is -1.85. The number of aryl methyl sites for hydroxylation is 1. The summed E-state index contributed by atoms with van der Waals surface area (Å²) in [5.41, 5.74) is 0. The Morgan fingerprint density at radius 1 is 1.44 bits per heavy atom. The van der Waals surface area contributed by atoms with Gasteiger partial charge in [-0.15, -0.1) is 0 Å². The van der Waals surface area contributed by atoms with Crippen LogP contribution in [0.1, 0.15) is 26.2 Å². The quantitative estimate of drug-likeness (QED) is 0.757. The number of hydrogen-bond donors (Lipinski definition) is 1. The van der Waals surface area contributed by atoms with Gasteiger partial charge in [-0.25, -0.2) is 12.7 Å². The van der Waals surface area contributed by atoms with Crippen LogP contribution in [-0.4, -0.2) is 47.8 Å². The summed E-state index contributed by atoms with van der Waals surface area (Å²) in [6.07, 6.45) is 5.22. The van der Waals surface area contributed by atoms with Crippen molar-refractivity contribution in [3.05, 3.63) is 12.4 Å². The van der Waals surface area contributed by atoms with E-state index in [1.165, 1.54) is 21.4 Å². The Morgan fingerprint density at radius 2 is 2.17 bits per heavy atom. The van der Waals surface area contributed by atoms with Crippen LogP contribution < -0.4 is 0 Å². The van der Waals surface area contributed by atoms with E-state index in [1.807, 2.05) is 6.92 Å². The third kappa shape index (κ3) is 3.79. The van der Waals surface area contributed by atoms with E-state index in [2.05, 4.69) is 5.10 Å². The smallest absolute Gasteiger partial charge is 0.245 e. The van der Waals surface area contributed by atoms with E-state index < -0.39 is 10.0 Å². The van der Waals surface area contributed by atoms with Gasteiger partial charge in [-0.05, 0) is 12.8 Å². The fourth-order valence-electron chi connectivity index (χ4n) is 1.51. The standard InChI is InChI=1S/C11H21N3O3S/c1-3-4-6-13(2)18(16,17)11-9-12-14(10-11)7-5-8-15/h9-10,15H,3-8H2,1-2H3. The Labute approximate surface area is 108 Å². The molecule has 7 heteroatoms.